The molecule has 3 aromatic rings. The molecule has 1 N–H and O–H groups in total. The first-order chi connectivity index (χ1) is 10.5. The minimum atomic E-state index is -0.172. The fourth-order valence-corrected chi connectivity index (χ4v) is 2.32. The highest BCUT2D eigenvalue weighted by Crippen LogP contribution is 2.19. The van der Waals surface area contributed by atoms with Gasteiger partial charge in [-0.1, -0.05) is 29.8 Å². The smallest absolute Gasteiger partial charge is 0.255 e. The number of carbonyl (C=O) groups excluding carboxylic acids is 1. The van der Waals surface area contributed by atoms with Crippen LogP contribution >= 0.6 is 15.9 Å². The molecule has 0 saturated heterocycles. The van der Waals surface area contributed by atoms with E-state index in [-0.39, 0.29) is 11.8 Å². The number of nitrogens with zero attached hydrogens (tertiary/aromatic N) is 3. The van der Waals surface area contributed by atoms with E-state index < -0.39 is 0 Å². The molecule has 2 heterocycles. The summed E-state index contributed by atoms with van der Waals surface area (Å²) >= 11 is 3.36. The molecule has 3 rings (SSSR count). The second kappa shape index (κ2) is 5.88. The van der Waals surface area contributed by atoms with Crippen LogP contribution in [0.2, 0.25) is 0 Å². The number of fused-ring (bicyclic) bond motifs is 1. The average Bonchev–Trinajstić information content (AvgIpc) is 2.93. The van der Waals surface area contributed by atoms with Gasteiger partial charge in [-0.05, 0) is 36.4 Å². The second-order valence-electron chi connectivity index (χ2n) is 5.28. The van der Waals surface area contributed by atoms with E-state index in [2.05, 4.69) is 31.3 Å². The summed E-state index contributed by atoms with van der Waals surface area (Å²) in [4.78, 5) is 16.8. The van der Waals surface area contributed by atoms with Crippen molar-refractivity contribution in [1.29, 1.82) is 0 Å². The lowest BCUT2D eigenvalue weighted by Crippen LogP contribution is -2.12. The van der Waals surface area contributed by atoms with Crippen LogP contribution in [0.1, 0.15) is 35.9 Å². The topological polar surface area (TPSA) is 59.3 Å². The molecule has 0 fully saturated rings. The van der Waals surface area contributed by atoms with Crippen LogP contribution in [-0.2, 0) is 0 Å². The molecule has 0 unspecified atom stereocenters. The van der Waals surface area contributed by atoms with E-state index in [0.29, 0.717) is 16.9 Å². The van der Waals surface area contributed by atoms with E-state index >= 15 is 0 Å². The Balaban J connectivity index is 1.93. The Hall–Kier alpha value is -2.21. The van der Waals surface area contributed by atoms with Crippen LogP contribution in [0.25, 0.3) is 5.65 Å². The summed E-state index contributed by atoms with van der Waals surface area (Å²) < 4.78 is 2.62. The summed E-state index contributed by atoms with van der Waals surface area (Å²) in [5.74, 6) is 0.815. The minimum Gasteiger partial charge on any atom is -0.319 e. The SMILES string of the molecule is CC(C)c1nc2c(NC(=O)c3ccc(Br)cc3)cccn2n1. The van der Waals surface area contributed by atoms with Crippen molar-refractivity contribution in [2.45, 2.75) is 19.8 Å². The summed E-state index contributed by atoms with van der Waals surface area (Å²) in [6.45, 7) is 4.07. The van der Waals surface area contributed by atoms with Gasteiger partial charge in [0.15, 0.2) is 11.5 Å². The molecular formula is C16H15BrN4O. The number of benzene rings is 1. The molecule has 112 valence electrons. The Labute approximate surface area is 136 Å². The molecular weight excluding hydrogens is 344 g/mol. The number of nitrogens with one attached hydrogen (secondary N) is 1. The van der Waals surface area contributed by atoms with Crippen LogP contribution < -0.4 is 5.32 Å². The van der Waals surface area contributed by atoms with Gasteiger partial charge in [-0.25, -0.2) is 9.50 Å². The molecule has 0 saturated carbocycles. The highest BCUT2D eigenvalue weighted by atomic mass is 79.9. The highest BCUT2D eigenvalue weighted by molar-refractivity contribution is 9.10. The van der Waals surface area contributed by atoms with E-state index in [1.807, 2.05) is 44.3 Å². The van der Waals surface area contributed by atoms with E-state index in [0.717, 1.165) is 10.3 Å². The maximum absolute atomic E-state index is 12.3. The lowest BCUT2D eigenvalue weighted by Gasteiger charge is -2.06. The summed E-state index contributed by atoms with van der Waals surface area (Å²) in [6, 6.07) is 10.9. The van der Waals surface area contributed by atoms with Crippen molar-refractivity contribution in [2.75, 3.05) is 5.32 Å². The molecule has 0 spiro atoms. The van der Waals surface area contributed by atoms with E-state index in [4.69, 9.17) is 0 Å². The zero-order valence-electron chi connectivity index (χ0n) is 12.2. The van der Waals surface area contributed by atoms with Crippen LogP contribution in [-0.4, -0.2) is 20.5 Å². The largest absolute Gasteiger partial charge is 0.319 e. The van der Waals surface area contributed by atoms with Gasteiger partial charge in [0.1, 0.15) is 0 Å². The molecule has 22 heavy (non-hydrogen) atoms. The molecule has 0 bridgehead atoms. The Morgan fingerprint density at radius 2 is 1.95 bits per heavy atom. The maximum Gasteiger partial charge on any atom is 0.255 e. The second-order valence-corrected chi connectivity index (χ2v) is 6.19. The number of hydrogen-bond donors (Lipinski definition) is 1. The van der Waals surface area contributed by atoms with E-state index in [1.54, 1.807) is 16.6 Å². The third-order valence-electron chi connectivity index (χ3n) is 3.25. The predicted molar refractivity (Wildman–Crippen MR) is 89.2 cm³/mol. The molecule has 1 amide bonds. The highest BCUT2D eigenvalue weighted by Gasteiger charge is 2.13. The van der Waals surface area contributed by atoms with Gasteiger partial charge < -0.3 is 5.32 Å². The first-order valence-electron chi connectivity index (χ1n) is 6.97. The molecule has 5 nitrogen and oxygen atoms in total. The Morgan fingerprint density at radius 3 is 2.64 bits per heavy atom. The molecule has 2 aromatic heterocycles. The van der Waals surface area contributed by atoms with Gasteiger partial charge in [-0.15, -0.1) is 0 Å². The van der Waals surface area contributed by atoms with Gasteiger partial charge in [0.05, 0.1) is 5.69 Å². The lowest BCUT2D eigenvalue weighted by molar-refractivity contribution is 0.102. The van der Waals surface area contributed by atoms with Gasteiger partial charge in [-0.3, -0.25) is 4.79 Å². The van der Waals surface area contributed by atoms with Crippen molar-refractivity contribution < 1.29 is 4.79 Å². The normalized spacial score (nSPS) is 11.1. The number of carbonyl (C=O) groups is 1. The lowest BCUT2D eigenvalue weighted by atomic mass is 10.2. The number of anilines is 1. The first kappa shape index (κ1) is 14.7. The van der Waals surface area contributed by atoms with Crippen molar-refractivity contribution >= 4 is 33.2 Å². The number of halogens is 1. The van der Waals surface area contributed by atoms with E-state index in [9.17, 15) is 4.79 Å². The molecule has 0 aliphatic heterocycles. The zero-order chi connectivity index (χ0) is 15.7. The fourth-order valence-electron chi connectivity index (χ4n) is 2.06. The quantitative estimate of drug-likeness (QED) is 0.772. The van der Waals surface area contributed by atoms with Crippen LogP contribution in [0.3, 0.4) is 0 Å². The van der Waals surface area contributed by atoms with Crippen LogP contribution in [0.15, 0.2) is 47.1 Å². The molecule has 0 aliphatic rings. The van der Waals surface area contributed by atoms with Crippen molar-refractivity contribution in [3.05, 3.63) is 58.5 Å². The zero-order valence-corrected chi connectivity index (χ0v) is 13.8. The third-order valence-corrected chi connectivity index (χ3v) is 3.78. The van der Waals surface area contributed by atoms with Gasteiger partial charge in [0.2, 0.25) is 0 Å². The predicted octanol–water partition coefficient (Wildman–Crippen LogP) is 3.87. The summed E-state index contributed by atoms with van der Waals surface area (Å²) in [5, 5.41) is 7.31. The molecule has 0 aliphatic carbocycles. The van der Waals surface area contributed by atoms with Crippen molar-refractivity contribution in [3.63, 3.8) is 0 Å². The minimum absolute atomic E-state index is 0.172. The maximum atomic E-state index is 12.3. The molecule has 0 atom stereocenters. The monoisotopic (exact) mass is 358 g/mol. The van der Waals surface area contributed by atoms with Crippen LogP contribution in [0.4, 0.5) is 5.69 Å². The van der Waals surface area contributed by atoms with Crippen LogP contribution in [0.5, 0.6) is 0 Å². The number of amides is 1. The Kier molecular flexibility index (Phi) is 3.94. The number of hydrogen-bond acceptors (Lipinski definition) is 3. The van der Waals surface area contributed by atoms with Gasteiger partial charge >= 0.3 is 0 Å². The van der Waals surface area contributed by atoms with Crippen molar-refractivity contribution in [3.8, 4) is 0 Å². The first-order valence-corrected chi connectivity index (χ1v) is 7.76. The third kappa shape index (κ3) is 2.87. The van der Waals surface area contributed by atoms with Gasteiger partial charge in [0, 0.05) is 22.2 Å². The van der Waals surface area contributed by atoms with Crippen molar-refractivity contribution in [1.82, 2.24) is 14.6 Å². The standard InChI is InChI=1S/C16H15BrN4O/c1-10(2)14-19-15-13(4-3-9-21(15)20-14)18-16(22)11-5-7-12(17)8-6-11/h3-10H,1-2H3,(H,18,22). The molecule has 1 aromatic carbocycles. The number of rotatable bonds is 3. The van der Waals surface area contributed by atoms with Crippen LogP contribution in [0, 0.1) is 0 Å². The Morgan fingerprint density at radius 1 is 1.23 bits per heavy atom. The summed E-state index contributed by atoms with van der Waals surface area (Å²) in [7, 11) is 0. The fraction of sp³-hybridized carbons (Fsp3) is 0.188. The molecule has 6 heteroatoms. The van der Waals surface area contributed by atoms with E-state index in [1.165, 1.54) is 0 Å². The van der Waals surface area contributed by atoms with Crippen molar-refractivity contribution in [2.24, 2.45) is 0 Å². The molecule has 0 radical (unpaired) electrons. The summed E-state index contributed by atoms with van der Waals surface area (Å²) in [6.07, 6.45) is 1.82. The average molecular weight is 359 g/mol. The number of aromatic nitrogens is 3. The number of pyridine rings is 1. The van der Waals surface area contributed by atoms with Gasteiger partial charge in [-0.2, -0.15) is 5.10 Å². The Bertz CT molecular complexity index is 824. The summed E-state index contributed by atoms with van der Waals surface area (Å²) in [5.41, 5.74) is 1.89. The van der Waals surface area contributed by atoms with Gasteiger partial charge in [0.25, 0.3) is 5.91 Å².